The Labute approximate surface area is 409 Å². The first-order valence-electron chi connectivity index (χ1n) is 24.6. The standard InChI is InChI=1S/C68H49NO/c1-42-16-5-8-19-50(42)51-36-30-47(40-43(51)2)44-28-33-48(34-29-44)69(63-27-15-26-59-64(63)56-23-12-13-24-57(56)67(59,3)4)49-35-37-55-54-22-11-14-25-58(54)68(62(55)41-49)60-38-31-45-17-6-9-20-52(45)65(60)70-66-53-21-10-7-18-46(53)32-39-61(66)68/h5-41H,1-4H3. The number of nitrogens with zero attached hydrogens (tertiary/aromatic N) is 1. The summed E-state index contributed by atoms with van der Waals surface area (Å²) in [6.45, 7) is 9.17. The van der Waals surface area contributed by atoms with Crippen LogP contribution in [0, 0.1) is 13.8 Å². The first-order chi connectivity index (χ1) is 34.3. The van der Waals surface area contributed by atoms with Crippen LogP contribution >= 0.6 is 0 Å². The van der Waals surface area contributed by atoms with Gasteiger partial charge in [0.2, 0.25) is 0 Å². The lowest BCUT2D eigenvalue weighted by atomic mass is 9.65. The lowest BCUT2D eigenvalue weighted by Crippen LogP contribution is -2.32. The van der Waals surface area contributed by atoms with Gasteiger partial charge in [0.15, 0.2) is 0 Å². The van der Waals surface area contributed by atoms with E-state index < -0.39 is 5.41 Å². The monoisotopic (exact) mass is 895 g/mol. The maximum Gasteiger partial charge on any atom is 0.140 e. The molecule has 0 radical (unpaired) electrons. The van der Waals surface area contributed by atoms with Gasteiger partial charge in [0.1, 0.15) is 11.5 Å². The van der Waals surface area contributed by atoms with Gasteiger partial charge in [-0.3, -0.25) is 0 Å². The van der Waals surface area contributed by atoms with Crippen LogP contribution in [0.1, 0.15) is 58.4 Å². The molecular weight excluding hydrogens is 847 g/mol. The van der Waals surface area contributed by atoms with Gasteiger partial charge in [0.05, 0.1) is 11.1 Å². The van der Waals surface area contributed by atoms with Crippen molar-refractivity contribution in [1.29, 1.82) is 0 Å². The maximum atomic E-state index is 7.32. The van der Waals surface area contributed by atoms with Gasteiger partial charge in [0, 0.05) is 44.3 Å². The van der Waals surface area contributed by atoms with Crippen molar-refractivity contribution >= 4 is 38.6 Å². The molecule has 0 amide bonds. The molecular formula is C68H49NO. The Morgan fingerprint density at radius 2 is 0.900 bits per heavy atom. The highest BCUT2D eigenvalue weighted by atomic mass is 16.5. The average Bonchev–Trinajstić information content (AvgIpc) is 3.82. The molecule has 2 aliphatic carbocycles. The minimum absolute atomic E-state index is 0.162. The van der Waals surface area contributed by atoms with Crippen LogP contribution in [0.2, 0.25) is 0 Å². The first-order valence-corrected chi connectivity index (χ1v) is 24.6. The molecule has 0 N–H and O–H groups in total. The molecule has 0 unspecified atom stereocenters. The lowest BCUT2D eigenvalue weighted by molar-refractivity contribution is 0.447. The number of fused-ring (bicyclic) bond motifs is 16. The highest BCUT2D eigenvalue weighted by molar-refractivity contribution is 6.01. The second kappa shape index (κ2) is 15.0. The van der Waals surface area contributed by atoms with Crippen molar-refractivity contribution in [2.75, 3.05) is 4.90 Å². The Balaban J connectivity index is 1.01. The molecule has 2 nitrogen and oxygen atoms in total. The van der Waals surface area contributed by atoms with Gasteiger partial charge in [-0.1, -0.05) is 208 Å². The quantitative estimate of drug-likeness (QED) is 0.171. The molecule has 1 aliphatic heterocycles. The molecule has 70 heavy (non-hydrogen) atoms. The summed E-state index contributed by atoms with van der Waals surface area (Å²) in [5, 5.41) is 4.55. The minimum atomic E-state index is -0.677. The summed E-state index contributed by atoms with van der Waals surface area (Å²) in [5.41, 5.74) is 22.6. The molecule has 1 spiro atoms. The Morgan fingerprint density at radius 1 is 0.357 bits per heavy atom. The summed E-state index contributed by atoms with van der Waals surface area (Å²) in [4.78, 5) is 2.52. The number of rotatable bonds is 5. The summed E-state index contributed by atoms with van der Waals surface area (Å²) in [6.07, 6.45) is 0. The molecule has 0 fully saturated rings. The number of hydrogen-bond donors (Lipinski definition) is 0. The second-order valence-corrected chi connectivity index (χ2v) is 20.1. The number of hydrogen-bond acceptors (Lipinski definition) is 2. The highest BCUT2D eigenvalue weighted by Crippen LogP contribution is 2.65. The minimum Gasteiger partial charge on any atom is -0.455 e. The molecule has 0 atom stereocenters. The SMILES string of the molecule is Cc1ccccc1-c1ccc(-c2ccc(N(c3ccc4c(c3)C3(c5ccccc5-4)c4ccc5ccccc5c4Oc4c3ccc3ccccc43)c3cccc4c3-c3ccccc3C4(C)C)cc2)cc1C. The maximum absolute atomic E-state index is 7.32. The van der Waals surface area contributed by atoms with Gasteiger partial charge in [-0.25, -0.2) is 0 Å². The van der Waals surface area contributed by atoms with E-state index in [0.717, 1.165) is 61.2 Å². The van der Waals surface area contributed by atoms with E-state index in [2.05, 4.69) is 257 Å². The summed E-state index contributed by atoms with van der Waals surface area (Å²) in [5.74, 6) is 1.84. The van der Waals surface area contributed by atoms with E-state index in [1.807, 2.05) is 0 Å². The van der Waals surface area contributed by atoms with Crippen molar-refractivity contribution in [1.82, 2.24) is 0 Å². The third kappa shape index (κ3) is 5.62. The zero-order valence-corrected chi connectivity index (χ0v) is 39.7. The predicted octanol–water partition coefficient (Wildman–Crippen LogP) is 18.2. The van der Waals surface area contributed by atoms with Crippen LogP contribution in [0.25, 0.3) is 66.1 Å². The zero-order valence-electron chi connectivity index (χ0n) is 39.7. The lowest BCUT2D eigenvalue weighted by Gasteiger charge is -2.40. The fourth-order valence-corrected chi connectivity index (χ4v) is 12.7. The third-order valence-electron chi connectivity index (χ3n) is 16.0. The number of benzene rings is 11. The Kier molecular flexibility index (Phi) is 8.71. The van der Waals surface area contributed by atoms with Crippen LogP contribution in [0.4, 0.5) is 17.1 Å². The van der Waals surface area contributed by atoms with Crippen LogP contribution in [0.15, 0.2) is 224 Å². The summed E-state index contributed by atoms with van der Waals surface area (Å²) in [6, 6.07) is 83.6. The fraction of sp³-hybridized carbons (Fsp3) is 0.0882. The number of ether oxygens (including phenoxy) is 1. The van der Waals surface area contributed by atoms with Crippen molar-refractivity contribution in [3.05, 3.63) is 269 Å². The summed E-state index contributed by atoms with van der Waals surface area (Å²) >= 11 is 0. The van der Waals surface area contributed by atoms with E-state index in [4.69, 9.17) is 4.74 Å². The molecule has 11 aromatic carbocycles. The highest BCUT2D eigenvalue weighted by Gasteiger charge is 2.52. The smallest absolute Gasteiger partial charge is 0.140 e. The molecule has 0 saturated heterocycles. The van der Waals surface area contributed by atoms with Gasteiger partial charge in [0.25, 0.3) is 0 Å². The molecule has 0 saturated carbocycles. The van der Waals surface area contributed by atoms with Gasteiger partial charge in [-0.2, -0.15) is 0 Å². The van der Waals surface area contributed by atoms with Crippen LogP contribution < -0.4 is 9.64 Å². The van der Waals surface area contributed by atoms with Crippen molar-refractivity contribution in [3.8, 4) is 56.0 Å². The predicted molar refractivity (Wildman–Crippen MR) is 291 cm³/mol. The molecule has 1 heterocycles. The van der Waals surface area contributed by atoms with Crippen molar-refractivity contribution in [2.24, 2.45) is 0 Å². The molecule has 332 valence electrons. The first kappa shape index (κ1) is 40.6. The van der Waals surface area contributed by atoms with Crippen molar-refractivity contribution in [2.45, 2.75) is 38.5 Å². The van der Waals surface area contributed by atoms with Crippen molar-refractivity contribution < 1.29 is 4.74 Å². The van der Waals surface area contributed by atoms with E-state index in [0.29, 0.717) is 0 Å². The summed E-state index contributed by atoms with van der Waals surface area (Å²) in [7, 11) is 0. The molecule has 14 rings (SSSR count). The van der Waals surface area contributed by atoms with Crippen LogP contribution in [0.5, 0.6) is 11.5 Å². The van der Waals surface area contributed by atoms with Crippen molar-refractivity contribution in [3.63, 3.8) is 0 Å². The van der Waals surface area contributed by atoms with Gasteiger partial charge >= 0.3 is 0 Å². The molecule has 11 aromatic rings. The van der Waals surface area contributed by atoms with Gasteiger partial charge in [-0.05, 0) is 127 Å². The second-order valence-electron chi connectivity index (χ2n) is 20.1. The molecule has 2 heteroatoms. The summed E-state index contributed by atoms with van der Waals surface area (Å²) < 4.78 is 7.32. The topological polar surface area (TPSA) is 12.5 Å². The largest absolute Gasteiger partial charge is 0.455 e. The average molecular weight is 896 g/mol. The Morgan fingerprint density at radius 3 is 1.60 bits per heavy atom. The number of aryl methyl sites for hydroxylation is 2. The van der Waals surface area contributed by atoms with E-state index in [9.17, 15) is 0 Å². The van der Waals surface area contributed by atoms with E-state index in [1.165, 1.54) is 77.9 Å². The third-order valence-corrected chi connectivity index (χ3v) is 16.0. The molecule has 0 aromatic heterocycles. The normalized spacial score (nSPS) is 14.1. The van der Waals surface area contributed by atoms with Crippen LogP contribution in [-0.2, 0) is 10.8 Å². The van der Waals surface area contributed by atoms with Crippen LogP contribution in [-0.4, -0.2) is 0 Å². The molecule has 3 aliphatic rings. The Bertz CT molecular complexity index is 3900. The number of anilines is 3. The molecule has 0 bridgehead atoms. The fourth-order valence-electron chi connectivity index (χ4n) is 12.7. The zero-order chi connectivity index (χ0) is 46.9. The Hall–Kier alpha value is -8.46. The van der Waals surface area contributed by atoms with E-state index >= 15 is 0 Å². The van der Waals surface area contributed by atoms with E-state index in [-0.39, 0.29) is 5.41 Å². The van der Waals surface area contributed by atoms with E-state index in [1.54, 1.807) is 0 Å². The van der Waals surface area contributed by atoms with Crippen LogP contribution in [0.3, 0.4) is 0 Å². The van der Waals surface area contributed by atoms with Gasteiger partial charge < -0.3 is 9.64 Å². The van der Waals surface area contributed by atoms with Gasteiger partial charge in [-0.15, -0.1) is 0 Å².